The largest absolute Gasteiger partial charge is 0.497 e. The number of nitrogens with one attached hydrogen (secondary N) is 2. The number of methoxy groups -OCH3 is 1. The van der Waals surface area contributed by atoms with Gasteiger partial charge in [0.2, 0.25) is 0 Å². The summed E-state index contributed by atoms with van der Waals surface area (Å²) in [6, 6.07) is 15.5. The fourth-order valence-corrected chi connectivity index (χ4v) is 4.40. The summed E-state index contributed by atoms with van der Waals surface area (Å²) in [5.41, 5.74) is 12.4. The number of benzene rings is 2. The number of nitrogen functional groups attached to an aromatic ring is 1. The number of nitrogens with zero attached hydrogens (tertiary/aromatic N) is 3. The van der Waals surface area contributed by atoms with Crippen LogP contribution in [0.1, 0.15) is 38.9 Å². The molecule has 2 aromatic carbocycles. The zero-order chi connectivity index (χ0) is 23.1. The number of hydrogen-bond donors (Lipinski definition) is 3. The zero-order valence-electron chi connectivity index (χ0n) is 18.8. The number of anilines is 2. The molecule has 5 rings (SSSR count). The summed E-state index contributed by atoms with van der Waals surface area (Å²) in [7, 11) is 3.46. The highest BCUT2D eigenvalue weighted by Gasteiger charge is 2.26. The lowest BCUT2D eigenvalue weighted by Crippen LogP contribution is -2.26. The highest BCUT2D eigenvalue weighted by Crippen LogP contribution is 2.37. The molecule has 1 amide bonds. The topological polar surface area (TPSA) is 109 Å². The third-order valence-corrected chi connectivity index (χ3v) is 6.03. The molecule has 0 bridgehead atoms. The lowest BCUT2D eigenvalue weighted by molar-refractivity contribution is 0.0785. The number of rotatable bonds is 5. The Hall–Kier alpha value is -4.07. The van der Waals surface area contributed by atoms with E-state index in [4.69, 9.17) is 10.5 Å². The first-order valence-corrected chi connectivity index (χ1v) is 10.8. The van der Waals surface area contributed by atoms with E-state index in [1.807, 2.05) is 62.5 Å². The summed E-state index contributed by atoms with van der Waals surface area (Å²) >= 11 is 0. The number of hydrogen-bond acceptors (Lipinski definition) is 6. The van der Waals surface area contributed by atoms with Crippen molar-refractivity contribution in [3.8, 4) is 5.75 Å². The Morgan fingerprint density at radius 2 is 1.97 bits per heavy atom. The van der Waals surface area contributed by atoms with E-state index in [1.54, 1.807) is 12.0 Å². The number of aromatic amines is 1. The van der Waals surface area contributed by atoms with Gasteiger partial charge in [0.15, 0.2) is 5.65 Å². The van der Waals surface area contributed by atoms with Gasteiger partial charge in [0.25, 0.3) is 5.91 Å². The zero-order valence-corrected chi connectivity index (χ0v) is 18.8. The second-order valence-corrected chi connectivity index (χ2v) is 8.44. The molecule has 1 unspecified atom stereocenters. The Bertz CT molecular complexity index is 1350. The fraction of sp³-hybridized carbons (Fsp3) is 0.240. The molecule has 168 valence electrons. The van der Waals surface area contributed by atoms with Crippen LogP contribution < -0.4 is 15.8 Å². The second-order valence-electron chi connectivity index (χ2n) is 8.44. The van der Waals surface area contributed by atoms with E-state index in [-0.39, 0.29) is 11.9 Å². The molecule has 8 heteroatoms. The Balaban J connectivity index is 1.35. The molecule has 2 aromatic heterocycles. The Labute approximate surface area is 191 Å². The minimum Gasteiger partial charge on any atom is -0.497 e. The van der Waals surface area contributed by atoms with Crippen LogP contribution in [0.4, 0.5) is 11.5 Å². The van der Waals surface area contributed by atoms with Crippen LogP contribution in [0.25, 0.3) is 11.2 Å². The fourth-order valence-electron chi connectivity index (χ4n) is 4.40. The molecular formula is C25H26N6O2. The van der Waals surface area contributed by atoms with Crippen molar-refractivity contribution in [3.05, 3.63) is 76.6 Å². The normalized spacial score (nSPS) is 14.7. The first-order chi connectivity index (χ1) is 15.9. The number of ether oxygens (including phenoxy) is 1. The molecule has 4 N–H and O–H groups in total. The summed E-state index contributed by atoms with van der Waals surface area (Å²) < 4.78 is 5.20. The Morgan fingerprint density at radius 1 is 1.18 bits per heavy atom. The van der Waals surface area contributed by atoms with Gasteiger partial charge in [-0.25, -0.2) is 9.97 Å². The van der Waals surface area contributed by atoms with Gasteiger partial charge in [-0.1, -0.05) is 12.1 Å². The first kappa shape index (κ1) is 20.8. The predicted octanol–water partition coefficient (Wildman–Crippen LogP) is 3.84. The molecule has 1 aliphatic rings. The summed E-state index contributed by atoms with van der Waals surface area (Å²) in [6.07, 6.45) is 0.739. The maximum atomic E-state index is 13.1. The van der Waals surface area contributed by atoms with E-state index < -0.39 is 0 Å². The number of imidazole rings is 1. The van der Waals surface area contributed by atoms with Crippen molar-refractivity contribution >= 4 is 28.6 Å². The van der Waals surface area contributed by atoms with Gasteiger partial charge >= 0.3 is 0 Å². The van der Waals surface area contributed by atoms with Gasteiger partial charge in [-0.05, 0) is 60.9 Å². The number of aryl methyl sites for hydroxylation is 1. The number of carbonyl (C=O) groups is 1. The van der Waals surface area contributed by atoms with E-state index in [0.717, 1.165) is 45.9 Å². The van der Waals surface area contributed by atoms with Crippen molar-refractivity contribution in [1.82, 2.24) is 19.9 Å². The number of pyridine rings is 1. The molecule has 0 saturated carbocycles. The lowest BCUT2D eigenvalue weighted by atomic mass is 10.0. The minimum absolute atomic E-state index is 0.0119. The van der Waals surface area contributed by atoms with Crippen LogP contribution in [0.3, 0.4) is 0 Å². The summed E-state index contributed by atoms with van der Waals surface area (Å²) in [5.74, 6) is 2.03. The van der Waals surface area contributed by atoms with Crippen LogP contribution in [-0.4, -0.2) is 39.9 Å². The van der Waals surface area contributed by atoms with Crippen molar-refractivity contribution in [2.24, 2.45) is 0 Å². The molecule has 4 aromatic rings. The van der Waals surface area contributed by atoms with E-state index in [1.165, 1.54) is 0 Å². The SMILES string of the molecule is COc1ccc(CN(C)C(=O)c2ccc3c(c2)CC(c2cc(N)nc4[nH]c(C)nc24)N3)cc1. The number of amides is 1. The highest BCUT2D eigenvalue weighted by molar-refractivity contribution is 5.95. The number of aromatic nitrogens is 3. The number of H-pyrrole nitrogens is 1. The van der Waals surface area contributed by atoms with Crippen molar-refractivity contribution in [3.63, 3.8) is 0 Å². The Morgan fingerprint density at radius 3 is 2.73 bits per heavy atom. The Kier molecular flexibility index (Phi) is 5.12. The number of fused-ring (bicyclic) bond motifs is 2. The summed E-state index contributed by atoms with van der Waals surface area (Å²) in [5, 5.41) is 3.55. The van der Waals surface area contributed by atoms with Crippen LogP contribution in [0, 0.1) is 6.92 Å². The van der Waals surface area contributed by atoms with Crippen molar-refractivity contribution in [1.29, 1.82) is 0 Å². The van der Waals surface area contributed by atoms with Gasteiger partial charge in [0, 0.05) is 30.4 Å². The summed E-state index contributed by atoms with van der Waals surface area (Å²) in [4.78, 5) is 26.9. The van der Waals surface area contributed by atoms with Gasteiger partial charge in [-0.15, -0.1) is 0 Å². The van der Waals surface area contributed by atoms with Crippen molar-refractivity contribution in [2.75, 3.05) is 25.2 Å². The first-order valence-electron chi connectivity index (χ1n) is 10.8. The molecule has 0 aliphatic carbocycles. The molecule has 0 saturated heterocycles. The summed E-state index contributed by atoms with van der Waals surface area (Å²) in [6.45, 7) is 2.42. The van der Waals surface area contributed by atoms with Crippen LogP contribution in [-0.2, 0) is 13.0 Å². The van der Waals surface area contributed by atoms with E-state index in [0.29, 0.717) is 23.6 Å². The van der Waals surface area contributed by atoms with Crippen LogP contribution in [0.2, 0.25) is 0 Å². The number of carbonyl (C=O) groups excluding carboxylic acids is 1. The smallest absolute Gasteiger partial charge is 0.253 e. The predicted molar refractivity (Wildman–Crippen MR) is 128 cm³/mol. The van der Waals surface area contributed by atoms with E-state index in [2.05, 4.69) is 20.3 Å². The van der Waals surface area contributed by atoms with E-state index in [9.17, 15) is 4.79 Å². The molecule has 0 spiro atoms. The molecule has 0 radical (unpaired) electrons. The van der Waals surface area contributed by atoms with E-state index >= 15 is 0 Å². The lowest BCUT2D eigenvalue weighted by Gasteiger charge is -2.18. The van der Waals surface area contributed by atoms with Gasteiger partial charge < -0.3 is 25.7 Å². The number of nitrogens with two attached hydrogens (primary N) is 1. The second kappa shape index (κ2) is 8.12. The third-order valence-electron chi connectivity index (χ3n) is 6.03. The maximum absolute atomic E-state index is 13.1. The van der Waals surface area contributed by atoms with Gasteiger partial charge in [-0.3, -0.25) is 4.79 Å². The maximum Gasteiger partial charge on any atom is 0.253 e. The average Bonchev–Trinajstić information content (AvgIpc) is 3.40. The third kappa shape index (κ3) is 3.95. The van der Waals surface area contributed by atoms with Gasteiger partial charge in [-0.2, -0.15) is 0 Å². The molecular weight excluding hydrogens is 416 g/mol. The average molecular weight is 443 g/mol. The van der Waals surface area contributed by atoms with Gasteiger partial charge in [0.05, 0.1) is 13.2 Å². The molecule has 0 fully saturated rings. The molecule has 8 nitrogen and oxygen atoms in total. The van der Waals surface area contributed by atoms with Crippen LogP contribution >= 0.6 is 0 Å². The van der Waals surface area contributed by atoms with Crippen molar-refractivity contribution < 1.29 is 9.53 Å². The van der Waals surface area contributed by atoms with Gasteiger partial charge in [0.1, 0.15) is 22.9 Å². The molecule has 1 aliphatic heterocycles. The quantitative estimate of drug-likeness (QED) is 0.433. The van der Waals surface area contributed by atoms with Crippen molar-refractivity contribution in [2.45, 2.75) is 25.9 Å². The minimum atomic E-state index is -0.0180. The van der Waals surface area contributed by atoms with Crippen LogP contribution in [0.5, 0.6) is 5.75 Å². The van der Waals surface area contributed by atoms with Crippen LogP contribution in [0.15, 0.2) is 48.5 Å². The molecule has 33 heavy (non-hydrogen) atoms. The molecule has 1 atom stereocenters. The monoisotopic (exact) mass is 442 g/mol. The highest BCUT2D eigenvalue weighted by atomic mass is 16.5. The molecule has 3 heterocycles. The standard InChI is InChI=1S/C25H26N6O2/c1-14-27-23-19(12-22(26)30-24(23)28-14)21-11-17-10-16(6-9-20(17)29-21)25(32)31(2)13-15-4-7-18(33-3)8-5-15/h4-10,12,21,29H,11,13H2,1-3H3,(H3,26,27,28,30).